The zero-order valence-electron chi connectivity index (χ0n) is 19.5. The molecule has 0 spiro atoms. The van der Waals surface area contributed by atoms with Gasteiger partial charge in [-0.15, -0.1) is 0 Å². The third kappa shape index (κ3) is 6.81. The number of ether oxygens (including phenoxy) is 2. The number of sulfonamides is 1. The van der Waals surface area contributed by atoms with E-state index in [4.69, 9.17) is 32.7 Å². The van der Waals surface area contributed by atoms with Gasteiger partial charge in [-0.2, -0.15) is 0 Å². The normalized spacial score (nSPS) is 11.3. The van der Waals surface area contributed by atoms with E-state index in [0.717, 1.165) is 9.87 Å². The number of rotatable bonds is 10. The molecule has 35 heavy (non-hydrogen) atoms. The summed E-state index contributed by atoms with van der Waals surface area (Å²) in [4.78, 5) is 12.9. The summed E-state index contributed by atoms with van der Waals surface area (Å²) in [6.45, 7) is 3.50. The summed E-state index contributed by atoms with van der Waals surface area (Å²) >= 11 is 12.3. The molecule has 0 aliphatic rings. The van der Waals surface area contributed by atoms with Gasteiger partial charge in [-0.25, -0.2) is 8.42 Å². The molecule has 0 aliphatic carbocycles. The minimum atomic E-state index is -4.09. The van der Waals surface area contributed by atoms with Gasteiger partial charge in [0.25, 0.3) is 10.0 Å². The summed E-state index contributed by atoms with van der Waals surface area (Å²) in [6, 6.07) is 17.6. The van der Waals surface area contributed by atoms with Crippen LogP contribution in [0.25, 0.3) is 0 Å². The number of hydrogen-bond donors (Lipinski definition) is 1. The van der Waals surface area contributed by atoms with E-state index in [0.29, 0.717) is 16.5 Å². The predicted molar refractivity (Wildman–Crippen MR) is 138 cm³/mol. The number of methoxy groups -OCH3 is 1. The van der Waals surface area contributed by atoms with E-state index in [1.807, 2.05) is 13.8 Å². The molecule has 0 radical (unpaired) electrons. The van der Waals surface area contributed by atoms with Crippen molar-refractivity contribution in [3.63, 3.8) is 0 Å². The number of nitrogens with one attached hydrogen (secondary N) is 1. The Morgan fingerprint density at radius 3 is 2.34 bits per heavy atom. The Hall–Kier alpha value is -2.94. The second-order valence-corrected chi connectivity index (χ2v) is 10.6. The number of anilines is 1. The lowest BCUT2D eigenvalue weighted by Gasteiger charge is -2.25. The van der Waals surface area contributed by atoms with Crippen LogP contribution in [-0.4, -0.2) is 34.1 Å². The number of carbonyl (C=O) groups is 1. The van der Waals surface area contributed by atoms with Crippen molar-refractivity contribution in [3.8, 4) is 11.5 Å². The number of benzene rings is 3. The lowest BCUT2D eigenvalue weighted by molar-refractivity contribution is -0.119. The Balaban J connectivity index is 1.82. The maximum Gasteiger partial charge on any atom is 0.264 e. The summed E-state index contributed by atoms with van der Waals surface area (Å²) < 4.78 is 38.9. The fourth-order valence-corrected chi connectivity index (χ4v) is 5.28. The highest BCUT2D eigenvalue weighted by Gasteiger charge is 2.28. The Labute approximate surface area is 215 Å². The highest BCUT2D eigenvalue weighted by Crippen LogP contribution is 2.33. The van der Waals surface area contributed by atoms with Crippen molar-refractivity contribution in [3.05, 3.63) is 82.3 Å². The molecule has 3 rings (SSSR count). The maximum atomic E-state index is 13.4. The molecule has 0 aromatic heterocycles. The summed E-state index contributed by atoms with van der Waals surface area (Å²) in [7, 11) is -2.55. The monoisotopic (exact) mass is 536 g/mol. The van der Waals surface area contributed by atoms with E-state index in [2.05, 4.69) is 5.32 Å². The van der Waals surface area contributed by atoms with Gasteiger partial charge in [0.2, 0.25) is 5.91 Å². The van der Waals surface area contributed by atoms with Gasteiger partial charge in [0.1, 0.15) is 6.54 Å². The quantitative estimate of drug-likeness (QED) is 0.380. The van der Waals surface area contributed by atoms with E-state index in [1.54, 1.807) is 36.4 Å². The van der Waals surface area contributed by atoms with Crippen molar-refractivity contribution in [1.82, 2.24) is 5.32 Å². The van der Waals surface area contributed by atoms with Crippen molar-refractivity contribution in [2.75, 3.05) is 18.0 Å². The molecule has 3 aromatic rings. The molecular formula is C25H26Cl2N2O5S. The Morgan fingerprint density at radius 1 is 1.00 bits per heavy atom. The van der Waals surface area contributed by atoms with Crippen molar-refractivity contribution in [2.45, 2.75) is 31.4 Å². The molecule has 0 fully saturated rings. The predicted octanol–water partition coefficient (Wildman–Crippen LogP) is 5.30. The van der Waals surface area contributed by atoms with Crippen LogP contribution in [0, 0.1) is 0 Å². The Bertz CT molecular complexity index is 1280. The fraction of sp³-hybridized carbons (Fsp3) is 0.240. The molecular weight excluding hydrogens is 511 g/mol. The first-order chi connectivity index (χ1) is 16.6. The fourth-order valence-electron chi connectivity index (χ4n) is 3.26. The van der Waals surface area contributed by atoms with Gasteiger partial charge < -0.3 is 14.8 Å². The van der Waals surface area contributed by atoms with E-state index in [9.17, 15) is 13.2 Å². The van der Waals surface area contributed by atoms with E-state index >= 15 is 0 Å². The molecule has 7 nitrogen and oxygen atoms in total. The zero-order chi connectivity index (χ0) is 25.6. The first-order valence-electron chi connectivity index (χ1n) is 10.7. The minimum absolute atomic E-state index is 0.0216. The highest BCUT2D eigenvalue weighted by atomic mass is 35.5. The number of hydrogen-bond acceptors (Lipinski definition) is 5. The number of halogens is 2. The molecule has 1 amide bonds. The van der Waals surface area contributed by atoms with Crippen LogP contribution in [0.2, 0.25) is 10.0 Å². The molecule has 10 heteroatoms. The van der Waals surface area contributed by atoms with Crippen LogP contribution in [-0.2, 0) is 21.4 Å². The van der Waals surface area contributed by atoms with Crippen molar-refractivity contribution >= 4 is 44.8 Å². The Morgan fingerprint density at radius 2 is 1.71 bits per heavy atom. The zero-order valence-corrected chi connectivity index (χ0v) is 21.8. The van der Waals surface area contributed by atoms with Crippen LogP contribution in [0.4, 0.5) is 5.69 Å². The summed E-state index contributed by atoms with van der Waals surface area (Å²) in [5.41, 5.74) is 0.903. The third-order valence-corrected chi connectivity index (χ3v) is 7.19. The number of amides is 1. The van der Waals surface area contributed by atoms with Crippen LogP contribution in [0.3, 0.4) is 0 Å². The molecule has 0 saturated heterocycles. The van der Waals surface area contributed by atoms with Crippen LogP contribution in [0.1, 0.15) is 19.4 Å². The number of carbonyl (C=O) groups excluding carboxylic acids is 1. The lowest BCUT2D eigenvalue weighted by atomic mass is 10.2. The van der Waals surface area contributed by atoms with Crippen LogP contribution in [0.5, 0.6) is 11.5 Å². The third-order valence-electron chi connectivity index (χ3n) is 4.88. The molecule has 3 aromatic carbocycles. The van der Waals surface area contributed by atoms with Gasteiger partial charge in [0, 0.05) is 11.6 Å². The van der Waals surface area contributed by atoms with Crippen molar-refractivity contribution in [2.24, 2.45) is 0 Å². The highest BCUT2D eigenvalue weighted by molar-refractivity contribution is 7.92. The average Bonchev–Trinajstić information content (AvgIpc) is 2.82. The second kappa shape index (κ2) is 11.7. The van der Waals surface area contributed by atoms with Crippen molar-refractivity contribution < 1.29 is 22.7 Å². The molecule has 0 atom stereocenters. The molecule has 186 valence electrons. The summed E-state index contributed by atoms with van der Waals surface area (Å²) in [5, 5.41) is 3.21. The molecule has 0 aliphatic heterocycles. The summed E-state index contributed by atoms with van der Waals surface area (Å²) in [6.07, 6.45) is -0.0216. The molecule has 0 heterocycles. The van der Waals surface area contributed by atoms with E-state index < -0.39 is 22.5 Å². The smallest absolute Gasteiger partial charge is 0.264 e. The van der Waals surface area contributed by atoms with Gasteiger partial charge in [0.05, 0.1) is 28.8 Å². The summed E-state index contributed by atoms with van der Waals surface area (Å²) in [5.74, 6) is 0.610. The Kier molecular flexibility index (Phi) is 8.88. The number of nitrogens with zero attached hydrogens (tertiary/aromatic N) is 1. The van der Waals surface area contributed by atoms with E-state index in [-0.39, 0.29) is 28.3 Å². The second-order valence-electron chi connectivity index (χ2n) is 7.85. The topological polar surface area (TPSA) is 84.9 Å². The first-order valence-corrected chi connectivity index (χ1v) is 12.9. The van der Waals surface area contributed by atoms with Gasteiger partial charge in [-0.3, -0.25) is 9.10 Å². The molecule has 1 N–H and O–H groups in total. The average molecular weight is 537 g/mol. The minimum Gasteiger partial charge on any atom is -0.493 e. The van der Waals surface area contributed by atoms with Crippen LogP contribution < -0.4 is 19.1 Å². The van der Waals surface area contributed by atoms with Crippen molar-refractivity contribution in [1.29, 1.82) is 0 Å². The molecule has 0 bridgehead atoms. The maximum absolute atomic E-state index is 13.4. The van der Waals surface area contributed by atoms with Gasteiger partial charge in [-0.05, 0) is 61.9 Å². The molecule has 0 saturated carbocycles. The van der Waals surface area contributed by atoms with Gasteiger partial charge in [-0.1, -0.05) is 47.5 Å². The van der Waals surface area contributed by atoms with E-state index in [1.165, 1.54) is 37.4 Å². The van der Waals surface area contributed by atoms with Gasteiger partial charge >= 0.3 is 0 Å². The standard InChI is InChI=1S/C25H26Cl2N2O5S/c1-17(2)34-23-12-9-18(13-24(23)33-3)15-28-25(30)16-29(22-11-10-19(26)14-21(22)27)35(31,32)20-7-5-4-6-8-20/h4-14,17H,15-16H2,1-3H3,(H,28,30). The first kappa shape index (κ1) is 26.7. The van der Waals surface area contributed by atoms with Crippen LogP contribution >= 0.6 is 23.2 Å². The molecule has 0 unspecified atom stereocenters. The SMILES string of the molecule is COc1cc(CNC(=O)CN(c2ccc(Cl)cc2Cl)S(=O)(=O)c2ccccc2)ccc1OC(C)C. The van der Waals surface area contributed by atoms with Crippen LogP contribution in [0.15, 0.2) is 71.6 Å². The lowest BCUT2D eigenvalue weighted by Crippen LogP contribution is -2.40. The largest absolute Gasteiger partial charge is 0.493 e. The van der Waals surface area contributed by atoms with Gasteiger partial charge in [0.15, 0.2) is 11.5 Å².